The number of hydrogen-bond acceptors (Lipinski definition) is 2. The highest BCUT2D eigenvalue weighted by atomic mass is 19.4. The molecular weight excluding hydrogens is 221 g/mol. The number of rotatable bonds is 0. The van der Waals surface area contributed by atoms with Crippen molar-refractivity contribution in [1.82, 2.24) is 10.2 Å². The van der Waals surface area contributed by atoms with Gasteiger partial charge in [0.25, 0.3) is 0 Å². The van der Waals surface area contributed by atoms with Crippen molar-refractivity contribution in [2.75, 3.05) is 19.6 Å². The molecule has 0 bridgehead atoms. The molecule has 6 heteroatoms. The molecule has 1 rings (SSSR count). The maximum Gasteiger partial charge on any atom is 0.487 e. The van der Waals surface area contributed by atoms with Gasteiger partial charge in [0.05, 0.1) is 13.1 Å². The molecule has 1 N–H and O–H groups in total. The Kier molecular flexibility index (Phi) is 4.62. The second-order valence-electron chi connectivity index (χ2n) is 3.43. The van der Waals surface area contributed by atoms with E-state index < -0.39 is 12.2 Å². The van der Waals surface area contributed by atoms with E-state index in [4.69, 9.17) is 0 Å². The average Bonchev–Trinajstić information content (AvgIpc) is 2.22. The number of carbonyl (C=O) groups is 1. The van der Waals surface area contributed by atoms with E-state index in [1.807, 2.05) is 0 Å². The first-order valence-electron chi connectivity index (χ1n) is 5.05. The van der Waals surface area contributed by atoms with E-state index in [1.165, 1.54) is 0 Å². The molecule has 1 amide bonds. The van der Waals surface area contributed by atoms with Crippen LogP contribution >= 0.6 is 0 Å². The van der Waals surface area contributed by atoms with Crippen LogP contribution in [-0.2, 0) is 4.79 Å². The Morgan fingerprint density at radius 3 is 2.69 bits per heavy atom. The zero-order chi connectivity index (χ0) is 12.0. The zero-order valence-electron chi connectivity index (χ0n) is 8.73. The summed E-state index contributed by atoms with van der Waals surface area (Å²) in [7, 11) is 0. The second-order valence-corrected chi connectivity index (χ2v) is 3.43. The predicted octanol–water partition coefficient (Wildman–Crippen LogP) is 1.11. The van der Waals surface area contributed by atoms with E-state index in [-0.39, 0.29) is 24.5 Å². The van der Waals surface area contributed by atoms with E-state index in [2.05, 4.69) is 17.2 Å². The summed E-state index contributed by atoms with van der Waals surface area (Å²) in [6.07, 6.45) is -3.12. The summed E-state index contributed by atoms with van der Waals surface area (Å²) in [6, 6.07) is 0. The van der Waals surface area contributed by atoms with Gasteiger partial charge in [0, 0.05) is 13.0 Å². The molecule has 0 spiro atoms. The number of halogens is 3. The summed E-state index contributed by atoms with van der Waals surface area (Å²) in [6.45, 7) is -0.364. The highest BCUT2D eigenvalue weighted by Gasteiger charge is 2.39. The molecule has 1 aliphatic heterocycles. The Balaban J connectivity index is 2.64. The van der Waals surface area contributed by atoms with E-state index in [0.717, 1.165) is 0 Å². The lowest BCUT2D eigenvalue weighted by Gasteiger charge is -2.24. The van der Waals surface area contributed by atoms with Gasteiger partial charge < -0.3 is 0 Å². The molecule has 0 aromatic heterocycles. The topological polar surface area (TPSA) is 32.3 Å². The van der Waals surface area contributed by atoms with Crippen molar-refractivity contribution in [1.29, 1.82) is 0 Å². The minimum Gasteiger partial charge on any atom is -0.298 e. The summed E-state index contributed by atoms with van der Waals surface area (Å²) < 4.78 is 37.5. The van der Waals surface area contributed by atoms with Gasteiger partial charge in [-0.3, -0.25) is 15.0 Å². The molecule has 1 heterocycles. The molecule has 16 heavy (non-hydrogen) atoms. The van der Waals surface area contributed by atoms with Crippen LogP contribution < -0.4 is 5.32 Å². The van der Waals surface area contributed by atoms with Gasteiger partial charge in [0.15, 0.2) is 0 Å². The Labute approximate surface area is 92.0 Å². The Bertz CT molecular complexity index is 303. The van der Waals surface area contributed by atoms with Crippen molar-refractivity contribution in [2.45, 2.75) is 25.6 Å². The molecule has 0 unspecified atom stereocenters. The fourth-order valence-corrected chi connectivity index (χ4v) is 1.35. The van der Waals surface area contributed by atoms with Crippen molar-refractivity contribution < 1.29 is 18.0 Å². The number of carbonyl (C=O) groups excluding carboxylic acids is 1. The average molecular weight is 234 g/mol. The highest BCUT2D eigenvalue weighted by molar-refractivity contribution is 5.78. The van der Waals surface area contributed by atoms with Crippen LogP contribution in [0, 0.1) is 11.8 Å². The highest BCUT2D eigenvalue weighted by Crippen LogP contribution is 2.21. The molecule has 0 aliphatic carbocycles. The third-order valence-corrected chi connectivity index (χ3v) is 2.16. The maximum atomic E-state index is 12.5. The van der Waals surface area contributed by atoms with Gasteiger partial charge >= 0.3 is 6.30 Å². The van der Waals surface area contributed by atoms with Crippen molar-refractivity contribution in [2.24, 2.45) is 0 Å². The van der Waals surface area contributed by atoms with Gasteiger partial charge in [-0.2, -0.15) is 0 Å². The summed E-state index contributed by atoms with van der Waals surface area (Å²) >= 11 is 0. The number of alkyl halides is 3. The van der Waals surface area contributed by atoms with Crippen LogP contribution in [-0.4, -0.2) is 36.7 Å². The molecule has 0 aromatic rings. The summed E-state index contributed by atoms with van der Waals surface area (Å²) in [4.78, 5) is 11.2. The second kappa shape index (κ2) is 5.75. The molecule has 0 saturated heterocycles. The zero-order valence-corrected chi connectivity index (χ0v) is 8.73. The summed E-state index contributed by atoms with van der Waals surface area (Å²) in [5.41, 5.74) is 0. The largest absolute Gasteiger partial charge is 0.487 e. The molecule has 0 radical (unpaired) electrons. The van der Waals surface area contributed by atoms with Gasteiger partial charge in [0.2, 0.25) is 5.91 Å². The van der Waals surface area contributed by atoms with Gasteiger partial charge in [0.1, 0.15) is 0 Å². The number of nitrogens with zero attached hydrogens (tertiary/aromatic N) is 1. The molecule has 1 aliphatic rings. The van der Waals surface area contributed by atoms with Crippen molar-refractivity contribution in [3.63, 3.8) is 0 Å². The van der Waals surface area contributed by atoms with Crippen LogP contribution in [0.4, 0.5) is 13.2 Å². The van der Waals surface area contributed by atoms with Gasteiger partial charge in [-0.05, 0) is 12.8 Å². The van der Waals surface area contributed by atoms with Gasteiger partial charge in [-0.1, -0.05) is 5.92 Å². The SMILES string of the molecule is O=C1CNCC#CCCCCN1C(F)(F)F. The number of amides is 1. The molecule has 0 fully saturated rings. The first kappa shape index (κ1) is 12.8. The quantitative estimate of drug-likeness (QED) is 0.503. The molecule has 90 valence electrons. The van der Waals surface area contributed by atoms with Crippen LogP contribution in [0.1, 0.15) is 19.3 Å². The standard InChI is InChI=1S/C10H13F3N2O/c11-10(12,13)15-7-5-3-1-2-4-6-14-8-9(15)16/h14H,1,3,5-8H2. The molecule has 0 atom stereocenters. The van der Waals surface area contributed by atoms with Crippen LogP contribution in [0.25, 0.3) is 0 Å². The van der Waals surface area contributed by atoms with E-state index in [9.17, 15) is 18.0 Å². The monoisotopic (exact) mass is 234 g/mol. The number of nitrogens with one attached hydrogen (secondary N) is 1. The maximum absolute atomic E-state index is 12.5. The Hall–Kier alpha value is -1.22. The number of hydrogen-bond donors (Lipinski definition) is 1. The van der Waals surface area contributed by atoms with Crippen molar-refractivity contribution in [3.05, 3.63) is 0 Å². The first-order valence-corrected chi connectivity index (χ1v) is 5.05. The van der Waals surface area contributed by atoms with Crippen LogP contribution in [0.2, 0.25) is 0 Å². The normalized spacial score (nSPS) is 19.7. The first-order chi connectivity index (χ1) is 7.52. The summed E-state index contributed by atoms with van der Waals surface area (Å²) in [5.74, 6) is 4.62. The minimum absolute atomic E-state index is 0.0364. The molecular formula is C10H13F3N2O. The fourth-order valence-electron chi connectivity index (χ4n) is 1.35. The lowest BCUT2D eigenvalue weighted by molar-refractivity contribution is -0.240. The minimum atomic E-state index is -4.59. The van der Waals surface area contributed by atoms with E-state index >= 15 is 0 Å². The van der Waals surface area contributed by atoms with Gasteiger partial charge in [-0.25, -0.2) is 0 Å². The Morgan fingerprint density at radius 2 is 2.00 bits per heavy atom. The van der Waals surface area contributed by atoms with Crippen LogP contribution in [0.15, 0.2) is 0 Å². The van der Waals surface area contributed by atoms with Crippen molar-refractivity contribution >= 4 is 5.91 Å². The predicted molar refractivity (Wildman–Crippen MR) is 52.3 cm³/mol. The van der Waals surface area contributed by atoms with Crippen LogP contribution in [0.5, 0.6) is 0 Å². The van der Waals surface area contributed by atoms with E-state index in [0.29, 0.717) is 19.3 Å². The van der Waals surface area contributed by atoms with Crippen LogP contribution in [0.3, 0.4) is 0 Å². The lowest BCUT2D eigenvalue weighted by Crippen LogP contribution is -2.47. The van der Waals surface area contributed by atoms with E-state index in [1.54, 1.807) is 0 Å². The summed E-state index contributed by atoms with van der Waals surface area (Å²) in [5, 5.41) is 2.57. The molecule has 0 aromatic carbocycles. The van der Waals surface area contributed by atoms with Gasteiger partial charge in [-0.15, -0.1) is 19.1 Å². The molecule has 0 saturated carbocycles. The molecule has 3 nitrogen and oxygen atoms in total. The third-order valence-electron chi connectivity index (χ3n) is 2.16. The fraction of sp³-hybridized carbons (Fsp3) is 0.700. The Morgan fingerprint density at radius 1 is 1.25 bits per heavy atom. The smallest absolute Gasteiger partial charge is 0.298 e. The lowest BCUT2D eigenvalue weighted by atomic mass is 10.2. The third kappa shape index (κ3) is 4.11. The van der Waals surface area contributed by atoms with Crippen molar-refractivity contribution in [3.8, 4) is 11.8 Å².